The number of rotatable bonds is 9. The van der Waals surface area contributed by atoms with E-state index in [2.05, 4.69) is 4.90 Å². The molecule has 2 saturated heterocycles. The van der Waals surface area contributed by atoms with Crippen molar-refractivity contribution in [3.63, 3.8) is 0 Å². The summed E-state index contributed by atoms with van der Waals surface area (Å²) in [4.78, 5) is 29.8. The number of nitrogens with zero attached hydrogens (tertiary/aromatic N) is 3. The molecule has 1 aromatic rings. The van der Waals surface area contributed by atoms with Gasteiger partial charge in [-0.15, -0.1) is 0 Å². The second-order valence-corrected chi connectivity index (χ2v) is 8.73. The highest BCUT2D eigenvalue weighted by atomic mass is 16.5. The Morgan fingerprint density at radius 3 is 2.83 bits per heavy atom. The van der Waals surface area contributed by atoms with E-state index in [1.807, 2.05) is 23.4 Å². The SMILES string of the molecule is COCCCN(C[C@@H]1CCCN2CCCC[C@H]12)C(=O)COc1cn(C)c(C)cc1=O. The van der Waals surface area contributed by atoms with Crippen LogP contribution >= 0.6 is 0 Å². The molecule has 1 aromatic heterocycles. The molecule has 0 N–H and O–H groups in total. The molecule has 7 heteroatoms. The van der Waals surface area contributed by atoms with Gasteiger partial charge in [0.2, 0.25) is 5.43 Å². The molecule has 0 spiro atoms. The molecule has 3 heterocycles. The van der Waals surface area contributed by atoms with E-state index in [0.717, 1.165) is 18.7 Å². The highest BCUT2D eigenvalue weighted by Gasteiger charge is 2.34. The number of carbonyl (C=O) groups excluding carboxylic acids is 1. The van der Waals surface area contributed by atoms with Gasteiger partial charge in [0, 0.05) is 57.9 Å². The van der Waals surface area contributed by atoms with Gasteiger partial charge in [0.25, 0.3) is 5.91 Å². The van der Waals surface area contributed by atoms with E-state index >= 15 is 0 Å². The van der Waals surface area contributed by atoms with E-state index in [-0.39, 0.29) is 23.7 Å². The molecule has 30 heavy (non-hydrogen) atoms. The summed E-state index contributed by atoms with van der Waals surface area (Å²) in [5, 5.41) is 0. The zero-order chi connectivity index (χ0) is 21.5. The Morgan fingerprint density at radius 2 is 2.03 bits per heavy atom. The molecule has 0 radical (unpaired) electrons. The van der Waals surface area contributed by atoms with Crippen LogP contribution in [0.15, 0.2) is 17.1 Å². The molecular weight excluding hydrogens is 382 g/mol. The fourth-order valence-corrected chi connectivity index (χ4v) is 4.83. The van der Waals surface area contributed by atoms with Gasteiger partial charge in [0.1, 0.15) is 0 Å². The van der Waals surface area contributed by atoms with Crippen molar-refractivity contribution in [2.24, 2.45) is 13.0 Å². The maximum absolute atomic E-state index is 13.0. The second kappa shape index (κ2) is 11.0. The number of pyridine rings is 1. The van der Waals surface area contributed by atoms with Crippen molar-refractivity contribution in [1.29, 1.82) is 0 Å². The summed E-state index contributed by atoms with van der Waals surface area (Å²) in [7, 11) is 3.54. The standard InChI is InChI=1S/C23H37N3O4/c1-18-14-21(27)22(16-24(18)2)30-17-23(28)26(12-7-13-29-3)15-19-8-6-11-25-10-5-4-9-20(19)25/h14,16,19-20H,4-13,15,17H2,1-3H3/t19-,20+/m0/s1. The van der Waals surface area contributed by atoms with E-state index in [1.54, 1.807) is 13.3 Å². The highest BCUT2D eigenvalue weighted by Crippen LogP contribution is 2.31. The average molecular weight is 420 g/mol. The van der Waals surface area contributed by atoms with Crippen molar-refractivity contribution in [1.82, 2.24) is 14.4 Å². The summed E-state index contributed by atoms with van der Waals surface area (Å²) in [5.41, 5.74) is 0.670. The van der Waals surface area contributed by atoms with E-state index < -0.39 is 0 Å². The summed E-state index contributed by atoms with van der Waals surface area (Å²) in [6.45, 7) is 6.20. The van der Waals surface area contributed by atoms with E-state index in [4.69, 9.17) is 9.47 Å². The molecule has 2 fully saturated rings. The minimum atomic E-state index is -0.186. The number of methoxy groups -OCH3 is 1. The number of aryl methyl sites for hydroxylation is 2. The van der Waals surface area contributed by atoms with Crippen molar-refractivity contribution < 1.29 is 14.3 Å². The van der Waals surface area contributed by atoms with Gasteiger partial charge in [-0.25, -0.2) is 0 Å². The molecule has 0 bridgehead atoms. The van der Waals surface area contributed by atoms with Crippen LogP contribution in [-0.4, -0.2) is 72.8 Å². The van der Waals surface area contributed by atoms with Gasteiger partial charge in [-0.2, -0.15) is 0 Å². The van der Waals surface area contributed by atoms with Crippen LogP contribution in [0.2, 0.25) is 0 Å². The van der Waals surface area contributed by atoms with Gasteiger partial charge in [0.15, 0.2) is 12.4 Å². The van der Waals surface area contributed by atoms with Crippen LogP contribution < -0.4 is 10.2 Å². The molecule has 0 aromatic carbocycles. The van der Waals surface area contributed by atoms with Gasteiger partial charge in [-0.1, -0.05) is 6.42 Å². The monoisotopic (exact) mass is 419 g/mol. The number of carbonyl (C=O) groups is 1. The molecule has 7 nitrogen and oxygen atoms in total. The maximum atomic E-state index is 13.0. The molecule has 2 aliphatic heterocycles. The van der Waals surface area contributed by atoms with Crippen molar-refractivity contribution >= 4 is 5.91 Å². The predicted molar refractivity (Wildman–Crippen MR) is 117 cm³/mol. The zero-order valence-electron chi connectivity index (χ0n) is 18.8. The van der Waals surface area contributed by atoms with Crippen LogP contribution in [0.5, 0.6) is 5.75 Å². The number of amides is 1. The Bertz CT molecular complexity index is 761. The number of hydrogen-bond acceptors (Lipinski definition) is 5. The smallest absolute Gasteiger partial charge is 0.260 e. The topological polar surface area (TPSA) is 64.0 Å². The quantitative estimate of drug-likeness (QED) is 0.574. The lowest BCUT2D eigenvalue weighted by Crippen LogP contribution is -2.52. The normalized spacial score (nSPS) is 21.8. The summed E-state index contributed by atoms with van der Waals surface area (Å²) in [5.74, 6) is 0.684. The first-order valence-electron chi connectivity index (χ1n) is 11.3. The fraction of sp³-hybridized carbons (Fsp3) is 0.739. The largest absolute Gasteiger partial charge is 0.478 e. The Hall–Kier alpha value is -1.86. The van der Waals surface area contributed by atoms with E-state index in [0.29, 0.717) is 25.1 Å². The molecule has 2 atom stereocenters. The van der Waals surface area contributed by atoms with Gasteiger partial charge >= 0.3 is 0 Å². The lowest BCUT2D eigenvalue weighted by molar-refractivity contribution is -0.135. The lowest BCUT2D eigenvalue weighted by Gasteiger charge is -2.45. The predicted octanol–water partition coefficient (Wildman–Crippen LogP) is 2.20. The average Bonchev–Trinajstić information content (AvgIpc) is 2.74. The maximum Gasteiger partial charge on any atom is 0.260 e. The molecule has 0 saturated carbocycles. The van der Waals surface area contributed by atoms with E-state index in [9.17, 15) is 9.59 Å². The third kappa shape index (κ3) is 5.85. The van der Waals surface area contributed by atoms with Crippen LogP contribution in [0, 0.1) is 12.8 Å². The summed E-state index contributed by atoms with van der Waals surface area (Å²) in [6.07, 6.45) is 8.65. The summed E-state index contributed by atoms with van der Waals surface area (Å²) < 4.78 is 12.7. The molecule has 1 amide bonds. The first-order valence-corrected chi connectivity index (χ1v) is 11.3. The van der Waals surface area contributed by atoms with Crippen LogP contribution in [0.4, 0.5) is 0 Å². The van der Waals surface area contributed by atoms with E-state index in [1.165, 1.54) is 51.3 Å². The van der Waals surface area contributed by atoms with Crippen LogP contribution in [0.25, 0.3) is 0 Å². The first kappa shape index (κ1) is 22.8. The fourth-order valence-electron chi connectivity index (χ4n) is 4.83. The van der Waals surface area contributed by atoms with Crippen molar-refractivity contribution in [3.8, 4) is 5.75 Å². The van der Waals surface area contributed by atoms with Gasteiger partial charge in [-0.3, -0.25) is 9.59 Å². The van der Waals surface area contributed by atoms with Crippen LogP contribution in [0.1, 0.15) is 44.2 Å². The lowest BCUT2D eigenvalue weighted by atomic mass is 9.83. The second-order valence-electron chi connectivity index (χ2n) is 8.73. The van der Waals surface area contributed by atoms with Gasteiger partial charge < -0.3 is 23.8 Å². The first-order chi connectivity index (χ1) is 14.5. The van der Waals surface area contributed by atoms with Crippen LogP contribution in [0.3, 0.4) is 0 Å². The molecule has 0 unspecified atom stereocenters. The molecule has 0 aliphatic carbocycles. The Morgan fingerprint density at radius 1 is 1.23 bits per heavy atom. The Kier molecular flexibility index (Phi) is 8.33. The highest BCUT2D eigenvalue weighted by molar-refractivity contribution is 5.77. The molecular formula is C23H37N3O4. The number of piperidine rings is 2. The molecule has 3 rings (SSSR count). The number of hydrogen-bond donors (Lipinski definition) is 0. The molecule has 2 aliphatic rings. The van der Waals surface area contributed by atoms with Gasteiger partial charge in [0.05, 0.1) is 0 Å². The van der Waals surface area contributed by atoms with Crippen LogP contribution in [-0.2, 0) is 16.6 Å². The Labute approximate surface area is 179 Å². The Balaban J connectivity index is 1.64. The van der Waals surface area contributed by atoms with Crippen molar-refractivity contribution in [3.05, 3.63) is 28.2 Å². The van der Waals surface area contributed by atoms with Crippen molar-refractivity contribution in [2.45, 2.75) is 51.5 Å². The zero-order valence-corrected chi connectivity index (χ0v) is 18.8. The number of ether oxygens (including phenoxy) is 2. The third-order valence-electron chi connectivity index (χ3n) is 6.61. The summed E-state index contributed by atoms with van der Waals surface area (Å²) >= 11 is 0. The minimum absolute atomic E-state index is 0.0540. The number of aromatic nitrogens is 1. The molecule has 168 valence electrons. The van der Waals surface area contributed by atoms with Crippen molar-refractivity contribution in [2.75, 3.05) is 46.5 Å². The minimum Gasteiger partial charge on any atom is -0.478 e. The third-order valence-corrected chi connectivity index (χ3v) is 6.61. The summed E-state index contributed by atoms with van der Waals surface area (Å²) in [6, 6.07) is 2.13. The number of fused-ring (bicyclic) bond motifs is 1. The van der Waals surface area contributed by atoms with Gasteiger partial charge in [-0.05, 0) is 58.0 Å².